The van der Waals surface area contributed by atoms with Crippen LogP contribution in [0, 0.1) is 0 Å². The summed E-state index contributed by atoms with van der Waals surface area (Å²) in [4.78, 5) is 4.72. The van der Waals surface area contributed by atoms with E-state index >= 15 is 0 Å². The van der Waals surface area contributed by atoms with Gasteiger partial charge in [-0.25, -0.2) is 4.98 Å². The molecule has 0 aliphatic carbocycles. The van der Waals surface area contributed by atoms with Crippen LogP contribution in [0.5, 0.6) is 0 Å². The van der Waals surface area contributed by atoms with Crippen LogP contribution in [-0.4, -0.2) is 25.9 Å². The number of hydrogen-bond acceptors (Lipinski definition) is 3. The molecule has 0 spiro atoms. The molecular formula is C16H21N5. The van der Waals surface area contributed by atoms with Gasteiger partial charge in [-0.1, -0.05) is 12.7 Å². The molecule has 3 heterocycles. The predicted octanol–water partition coefficient (Wildman–Crippen LogP) is 2.45. The van der Waals surface area contributed by atoms with Gasteiger partial charge in [0.15, 0.2) is 5.82 Å². The molecule has 3 rings (SSSR count). The predicted molar refractivity (Wildman–Crippen MR) is 85.6 cm³/mol. The van der Waals surface area contributed by atoms with Crippen LogP contribution in [0.4, 0.5) is 0 Å². The van der Waals surface area contributed by atoms with E-state index in [4.69, 9.17) is 10.1 Å². The van der Waals surface area contributed by atoms with Gasteiger partial charge in [0.05, 0.1) is 17.1 Å². The van der Waals surface area contributed by atoms with E-state index in [9.17, 15) is 0 Å². The van der Waals surface area contributed by atoms with Crippen molar-refractivity contribution in [3.8, 4) is 11.5 Å². The minimum atomic E-state index is 0.869. The fourth-order valence-corrected chi connectivity index (χ4v) is 2.75. The highest BCUT2D eigenvalue weighted by Crippen LogP contribution is 2.23. The maximum Gasteiger partial charge on any atom is 0.161 e. The van der Waals surface area contributed by atoms with Crippen molar-refractivity contribution in [3.05, 3.63) is 35.8 Å². The number of fused-ring (bicyclic) bond motifs is 1. The highest BCUT2D eigenvalue weighted by Gasteiger charge is 2.17. The lowest BCUT2D eigenvalue weighted by atomic mass is 10.3. The molecule has 1 aliphatic heterocycles. The van der Waals surface area contributed by atoms with E-state index in [1.54, 1.807) is 0 Å². The first-order valence-corrected chi connectivity index (χ1v) is 7.34. The molecule has 5 nitrogen and oxygen atoms in total. The number of nitrogens with one attached hydrogen (secondary N) is 1. The monoisotopic (exact) mass is 283 g/mol. The molecule has 0 fully saturated rings. The van der Waals surface area contributed by atoms with Gasteiger partial charge in [0, 0.05) is 20.1 Å². The molecule has 0 atom stereocenters. The third kappa shape index (κ3) is 2.45. The Morgan fingerprint density at radius 3 is 3.05 bits per heavy atom. The Hall–Kier alpha value is -2.14. The second kappa shape index (κ2) is 5.69. The van der Waals surface area contributed by atoms with Crippen molar-refractivity contribution in [1.29, 1.82) is 0 Å². The molecule has 0 amide bonds. The number of rotatable bonds is 3. The average Bonchev–Trinajstić information content (AvgIpc) is 2.93. The molecule has 0 aromatic carbocycles. The fourth-order valence-electron chi connectivity index (χ4n) is 2.75. The quantitative estimate of drug-likeness (QED) is 0.941. The lowest BCUT2D eigenvalue weighted by Gasteiger charge is -2.01. The van der Waals surface area contributed by atoms with Gasteiger partial charge in [0.2, 0.25) is 0 Å². The zero-order valence-electron chi connectivity index (χ0n) is 12.6. The van der Waals surface area contributed by atoms with Gasteiger partial charge in [-0.3, -0.25) is 4.68 Å². The van der Waals surface area contributed by atoms with Crippen LogP contribution in [0.2, 0.25) is 0 Å². The van der Waals surface area contributed by atoms with Crippen molar-refractivity contribution in [2.45, 2.75) is 26.4 Å². The van der Waals surface area contributed by atoms with E-state index in [1.807, 2.05) is 32.2 Å². The zero-order chi connectivity index (χ0) is 14.8. The molecular weight excluding hydrogens is 262 g/mol. The number of hydrogen-bond donors (Lipinski definition) is 1. The number of imidazole rings is 1. The van der Waals surface area contributed by atoms with Crippen LogP contribution in [-0.2, 0) is 20.1 Å². The Morgan fingerprint density at radius 2 is 2.29 bits per heavy atom. The minimum Gasteiger partial charge on any atom is -0.326 e. The summed E-state index contributed by atoms with van der Waals surface area (Å²) in [5.74, 6) is 0.888. The Bertz CT molecular complexity index is 666. The lowest BCUT2D eigenvalue weighted by molar-refractivity contribution is 0.588. The molecule has 110 valence electrons. The molecule has 0 bridgehead atoms. The van der Waals surface area contributed by atoms with Crippen molar-refractivity contribution in [1.82, 2.24) is 24.6 Å². The maximum absolute atomic E-state index is 4.73. The Balaban J connectivity index is 2.06. The van der Waals surface area contributed by atoms with Gasteiger partial charge in [-0.2, -0.15) is 5.10 Å². The van der Waals surface area contributed by atoms with Crippen molar-refractivity contribution in [2.75, 3.05) is 6.54 Å². The SMILES string of the molecule is C=Cc1c(/C=C\C)nc(-c2cc3n(n2)CCCNC3)n1C. The van der Waals surface area contributed by atoms with E-state index in [-0.39, 0.29) is 0 Å². The van der Waals surface area contributed by atoms with Crippen LogP contribution in [0.1, 0.15) is 30.4 Å². The van der Waals surface area contributed by atoms with Gasteiger partial charge in [0.1, 0.15) is 5.69 Å². The van der Waals surface area contributed by atoms with E-state index in [0.29, 0.717) is 0 Å². The van der Waals surface area contributed by atoms with E-state index in [2.05, 4.69) is 27.2 Å². The largest absolute Gasteiger partial charge is 0.326 e. The van der Waals surface area contributed by atoms with E-state index < -0.39 is 0 Å². The van der Waals surface area contributed by atoms with Gasteiger partial charge in [0.25, 0.3) is 0 Å². The molecule has 1 N–H and O–H groups in total. The zero-order valence-corrected chi connectivity index (χ0v) is 12.6. The summed E-state index contributed by atoms with van der Waals surface area (Å²) in [6, 6.07) is 2.13. The summed E-state index contributed by atoms with van der Waals surface area (Å²) >= 11 is 0. The maximum atomic E-state index is 4.73. The minimum absolute atomic E-state index is 0.869. The molecule has 21 heavy (non-hydrogen) atoms. The van der Waals surface area contributed by atoms with Crippen LogP contribution in [0.25, 0.3) is 23.7 Å². The summed E-state index contributed by atoms with van der Waals surface area (Å²) in [5.41, 5.74) is 4.10. The third-order valence-corrected chi connectivity index (χ3v) is 3.81. The van der Waals surface area contributed by atoms with Crippen molar-refractivity contribution < 1.29 is 0 Å². The molecule has 1 aliphatic rings. The second-order valence-electron chi connectivity index (χ2n) is 5.24. The molecule has 0 radical (unpaired) electrons. The lowest BCUT2D eigenvalue weighted by Crippen LogP contribution is -2.11. The van der Waals surface area contributed by atoms with Crippen molar-refractivity contribution >= 4 is 12.2 Å². The highest BCUT2D eigenvalue weighted by atomic mass is 15.3. The number of aryl methyl sites for hydroxylation is 1. The van der Waals surface area contributed by atoms with Gasteiger partial charge in [-0.05, 0) is 38.1 Å². The van der Waals surface area contributed by atoms with Gasteiger partial charge in [-0.15, -0.1) is 0 Å². The second-order valence-corrected chi connectivity index (χ2v) is 5.24. The summed E-state index contributed by atoms with van der Waals surface area (Å²) in [6.45, 7) is 8.76. The van der Waals surface area contributed by atoms with Gasteiger partial charge < -0.3 is 9.88 Å². The normalized spacial score (nSPS) is 15.1. The Labute approximate surface area is 125 Å². The summed E-state index contributed by atoms with van der Waals surface area (Å²) in [5, 5.41) is 8.14. The van der Waals surface area contributed by atoms with E-state index in [1.165, 1.54) is 5.69 Å². The topological polar surface area (TPSA) is 47.7 Å². The van der Waals surface area contributed by atoms with Crippen LogP contribution < -0.4 is 5.32 Å². The molecule has 0 unspecified atom stereocenters. The standard InChI is InChI=1S/C16H21N5/c1-4-7-13-15(5-2)20(3)16(18-13)14-10-12-11-17-8-6-9-21(12)19-14/h4-5,7,10,17H,2,6,8-9,11H2,1,3H3/b7-4-. The first kappa shape index (κ1) is 13.8. The molecule has 5 heteroatoms. The fraction of sp³-hybridized carbons (Fsp3) is 0.375. The highest BCUT2D eigenvalue weighted by molar-refractivity contribution is 5.65. The summed E-state index contributed by atoms with van der Waals surface area (Å²) in [6.07, 6.45) is 6.94. The third-order valence-electron chi connectivity index (χ3n) is 3.81. The first-order valence-electron chi connectivity index (χ1n) is 7.34. The summed E-state index contributed by atoms with van der Waals surface area (Å²) < 4.78 is 4.14. The average molecular weight is 283 g/mol. The molecule has 0 saturated carbocycles. The van der Waals surface area contributed by atoms with Crippen LogP contribution in [0.15, 0.2) is 18.7 Å². The van der Waals surface area contributed by atoms with Crippen LogP contribution in [0.3, 0.4) is 0 Å². The summed E-state index contributed by atoms with van der Waals surface area (Å²) in [7, 11) is 2.01. The molecule has 2 aromatic rings. The first-order chi connectivity index (χ1) is 10.2. The molecule has 2 aromatic heterocycles. The smallest absolute Gasteiger partial charge is 0.161 e. The van der Waals surface area contributed by atoms with E-state index in [0.717, 1.165) is 49.0 Å². The Kier molecular flexibility index (Phi) is 3.75. The van der Waals surface area contributed by atoms with Crippen LogP contribution >= 0.6 is 0 Å². The van der Waals surface area contributed by atoms with Gasteiger partial charge >= 0.3 is 0 Å². The Morgan fingerprint density at radius 1 is 1.43 bits per heavy atom. The van der Waals surface area contributed by atoms with Crippen molar-refractivity contribution in [3.63, 3.8) is 0 Å². The molecule has 0 saturated heterocycles. The van der Waals surface area contributed by atoms with Crippen molar-refractivity contribution in [2.24, 2.45) is 7.05 Å². The number of allylic oxidation sites excluding steroid dienone is 1. The number of nitrogens with zero attached hydrogens (tertiary/aromatic N) is 4. The number of aromatic nitrogens is 4.